The predicted molar refractivity (Wildman–Crippen MR) is 75.6 cm³/mol. The van der Waals surface area contributed by atoms with Crippen LogP contribution in [0.4, 0.5) is 11.4 Å². The van der Waals surface area contributed by atoms with E-state index in [4.69, 9.17) is 5.14 Å². The lowest BCUT2D eigenvalue weighted by Crippen LogP contribution is -2.28. The fourth-order valence-electron chi connectivity index (χ4n) is 1.63. The van der Waals surface area contributed by atoms with E-state index in [0.29, 0.717) is 0 Å². The molecule has 4 N–H and O–H groups in total. The van der Waals surface area contributed by atoms with E-state index in [1.54, 1.807) is 0 Å². The van der Waals surface area contributed by atoms with Gasteiger partial charge in [0.1, 0.15) is 5.69 Å². The van der Waals surface area contributed by atoms with Crippen molar-refractivity contribution in [3.05, 3.63) is 28.3 Å². The molecule has 0 bridgehead atoms. The number of hydrogen-bond acceptors (Lipinski definition) is 8. The lowest BCUT2D eigenvalue weighted by atomic mass is 10.2. The number of nitro benzene ring substituents is 1. The van der Waals surface area contributed by atoms with Gasteiger partial charge in [-0.25, -0.2) is 13.6 Å². The number of hydrogen-bond donors (Lipinski definition) is 3. The van der Waals surface area contributed by atoms with Crippen LogP contribution < -0.4 is 10.5 Å². The molecule has 0 heterocycles. The maximum Gasteiger partial charge on any atom is 0.307 e. The number of anilines is 1. The highest BCUT2D eigenvalue weighted by Gasteiger charge is 2.22. The molecule has 11 heteroatoms. The van der Waals surface area contributed by atoms with Crippen molar-refractivity contribution in [3.63, 3.8) is 0 Å². The summed E-state index contributed by atoms with van der Waals surface area (Å²) in [5.74, 6) is -0.615. The summed E-state index contributed by atoms with van der Waals surface area (Å²) in [6.45, 7) is -0.483. The summed E-state index contributed by atoms with van der Waals surface area (Å²) in [7, 11) is -2.92. The number of aliphatic hydroxyl groups is 1. The van der Waals surface area contributed by atoms with Crippen LogP contribution in [0.25, 0.3) is 0 Å². The molecular formula is C11H15N3O7S. The summed E-state index contributed by atoms with van der Waals surface area (Å²) >= 11 is 0. The van der Waals surface area contributed by atoms with Gasteiger partial charge in [-0.1, -0.05) is 0 Å². The Morgan fingerprint density at radius 1 is 1.55 bits per heavy atom. The van der Waals surface area contributed by atoms with Crippen LogP contribution in [0.1, 0.15) is 6.42 Å². The molecule has 0 spiro atoms. The molecule has 0 radical (unpaired) electrons. The fourth-order valence-corrected chi connectivity index (χ4v) is 2.16. The van der Waals surface area contributed by atoms with E-state index >= 15 is 0 Å². The smallest absolute Gasteiger partial charge is 0.307 e. The lowest BCUT2D eigenvalue weighted by Gasteiger charge is -2.16. The number of carbonyl (C=O) groups is 1. The van der Waals surface area contributed by atoms with Crippen LogP contribution in [0.5, 0.6) is 0 Å². The number of nitrogens with one attached hydrogen (secondary N) is 1. The van der Waals surface area contributed by atoms with Crippen LogP contribution in [-0.4, -0.2) is 44.2 Å². The normalized spacial score (nSPS) is 12.5. The summed E-state index contributed by atoms with van der Waals surface area (Å²) in [5, 5.41) is 27.7. The minimum absolute atomic E-state index is 0.0552. The molecule has 1 aromatic rings. The second-order valence-electron chi connectivity index (χ2n) is 4.29. The SMILES string of the molecule is COC(=O)CC(CO)Nc1ccc(S(N)(=O)=O)cc1[N+](=O)[O-]. The van der Waals surface area contributed by atoms with Crippen molar-refractivity contribution in [1.29, 1.82) is 0 Å². The second kappa shape index (κ2) is 7.15. The van der Waals surface area contributed by atoms with E-state index in [1.165, 1.54) is 7.11 Å². The molecule has 0 saturated carbocycles. The molecule has 1 aromatic carbocycles. The molecule has 0 aliphatic carbocycles. The Bertz CT molecular complexity index is 674. The summed E-state index contributed by atoms with van der Waals surface area (Å²) in [6, 6.07) is 2.19. The van der Waals surface area contributed by atoms with Crippen molar-refractivity contribution in [3.8, 4) is 0 Å². The average molecular weight is 333 g/mol. The number of carbonyl (C=O) groups excluding carboxylic acids is 1. The van der Waals surface area contributed by atoms with Gasteiger partial charge in [0.25, 0.3) is 5.69 Å². The van der Waals surface area contributed by atoms with Gasteiger partial charge in [0.15, 0.2) is 0 Å². The first-order valence-corrected chi connectivity index (χ1v) is 7.49. The second-order valence-corrected chi connectivity index (χ2v) is 5.85. The summed E-state index contributed by atoms with van der Waals surface area (Å²) in [6.07, 6.45) is -0.221. The maximum atomic E-state index is 11.2. The van der Waals surface area contributed by atoms with Crippen molar-refractivity contribution < 1.29 is 28.0 Å². The Morgan fingerprint density at radius 3 is 2.64 bits per heavy atom. The average Bonchev–Trinajstić information content (AvgIpc) is 2.45. The molecule has 0 aromatic heterocycles. The molecule has 1 unspecified atom stereocenters. The van der Waals surface area contributed by atoms with Crippen LogP contribution in [0.15, 0.2) is 23.1 Å². The quantitative estimate of drug-likeness (QED) is 0.344. The minimum Gasteiger partial charge on any atom is -0.469 e. The number of aliphatic hydroxyl groups excluding tert-OH is 1. The third-order valence-electron chi connectivity index (χ3n) is 2.72. The number of ether oxygens (including phenoxy) is 1. The number of nitrogens with two attached hydrogens (primary N) is 1. The first kappa shape index (κ1) is 17.8. The molecule has 22 heavy (non-hydrogen) atoms. The molecule has 10 nitrogen and oxygen atoms in total. The fraction of sp³-hybridized carbons (Fsp3) is 0.364. The number of methoxy groups -OCH3 is 1. The van der Waals surface area contributed by atoms with E-state index in [1.807, 2.05) is 0 Å². The van der Waals surface area contributed by atoms with Gasteiger partial charge in [0.05, 0.1) is 36.0 Å². The molecule has 0 amide bonds. The maximum absolute atomic E-state index is 11.2. The topological polar surface area (TPSA) is 162 Å². The predicted octanol–water partition coefficient (Wildman–Crippen LogP) is -0.422. The van der Waals surface area contributed by atoms with Crippen LogP contribution in [-0.2, 0) is 19.6 Å². The van der Waals surface area contributed by atoms with E-state index in [-0.39, 0.29) is 12.1 Å². The van der Waals surface area contributed by atoms with Crippen LogP contribution in [0, 0.1) is 10.1 Å². The van der Waals surface area contributed by atoms with Crippen molar-refractivity contribution >= 4 is 27.4 Å². The Morgan fingerprint density at radius 2 is 2.18 bits per heavy atom. The molecule has 0 aliphatic heterocycles. The summed E-state index contributed by atoms with van der Waals surface area (Å²) in [5.41, 5.74) is -0.602. The first-order valence-electron chi connectivity index (χ1n) is 5.94. The van der Waals surface area contributed by atoms with Gasteiger partial charge in [-0.2, -0.15) is 0 Å². The molecule has 122 valence electrons. The van der Waals surface area contributed by atoms with Crippen LogP contribution in [0.2, 0.25) is 0 Å². The highest BCUT2D eigenvalue weighted by Crippen LogP contribution is 2.28. The van der Waals surface area contributed by atoms with Crippen LogP contribution in [0.3, 0.4) is 0 Å². The van der Waals surface area contributed by atoms with Crippen LogP contribution >= 0.6 is 0 Å². The molecule has 1 rings (SSSR count). The molecule has 0 fully saturated rings. The molecule has 0 aliphatic rings. The van der Waals surface area contributed by atoms with E-state index in [0.717, 1.165) is 18.2 Å². The Balaban J connectivity index is 3.13. The lowest BCUT2D eigenvalue weighted by molar-refractivity contribution is -0.384. The Kier molecular flexibility index (Phi) is 5.79. The zero-order valence-corrected chi connectivity index (χ0v) is 12.4. The van der Waals surface area contributed by atoms with E-state index in [2.05, 4.69) is 10.1 Å². The van der Waals surface area contributed by atoms with Gasteiger partial charge in [0.2, 0.25) is 10.0 Å². The third-order valence-corrected chi connectivity index (χ3v) is 3.63. The van der Waals surface area contributed by atoms with Crippen molar-refractivity contribution in [2.75, 3.05) is 19.0 Å². The van der Waals surface area contributed by atoms with E-state index < -0.39 is 44.1 Å². The largest absolute Gasteiger partial charge is 0.469 e. The minimum atomic E-state index is -4.09. The Hall–Kier alpha value is -2.24. The molecular weight excluding hydrogens is 318 g/mol. The zero-order chi connectivity index (χ0) is 16.9. The number of rotatable bonds is 7. The van der Waals surface area contributed by atoms with Crippen molar-refractivity contribution in [2.45, 2.75) is 17.4 Å². The number of nitro groups is 1. The van der Waals surface area contributed by atoms with Gasteiger partial charge >= 0.3 is 5.97 Å². The first-order chi connectivity index (χ1) is 10.2. The zero-order valence-electron chi connectivity index (χ0n) is 11.6. The highest BCUT2D eigenvalue weighted by molar-refractivity contribution is 7.89. The number of benzene rings is 1. The third kappa shape index (κ3) is 4.65. The molecule has 1 atom stereocenters. The van der Waals surface area contributed by atoms with E-state index in [9.17, 15) is 28.4 Å². The van der Waals surface area contributed by atoms with Gasteiger partial charge in [-0.15, -0.1) is 0 Å². The number of esters is 1. The van der Waals surface area contributed by atoms with Crippen molar-refractivity contribution in [2.24, 2.45) is 5.14 Å². The number of nitrogens with zero attached hydrogens (tertiary/aromatic N) is 1. The van der Waals surface area contributed by atoms with Gasteiger partial charge in [0, 0.05) is 6.07 Å². The van der Waals surface area contributed by atoms with Crippen molar-refractivity contribution in [1.82, 2.24) is 0 Å². The highest BCUT2D eigenvalue weighted by atomic mass is 32.2. The Labute approximate surface area is 126 Å². The van der Waals surface area contributed by atoms with Gasteiger partial charge in [-0.3, -0.25) is 14.9 Å². The summed E-state index contributed by atoms with van der Waals surface area (Å²) in [4.78, 5) is 21.0. The number of sulfonamides is 1. The summed E-state index contributed by atoms with van der Waals surface area (Å²) < 4.78 is 26.9. The standard InChI is InChI=1S/C11H15N3O7S/c1-21-11(16)4-7(6-15)13-9-3-2-8(22(12,19)20)5-10(9)14(17)18/h2-3,5,7,13,15H,4,6H2,1H3,(H2,12,19,20). The monoisotopic (exact) mass is 333 g/mol. The number of primary sulfonamides is 1. The molecule has 0 saturated heterocycles. The van der Waals surface area contributed by atoms with Gasteiger partial charge in [-0.05, 0) is 12.1 Å². The van der Waals surface area contributed by atoms with Gasteiger partial charge < -0.3 is 15.2 Å².